The highest BCUT2D eigenvalue weighted by atomic mass is 35.5. The quantitative estimate of drug-likeness (QED) is 0.639. The third-order valence-corrected chi connectivity index (χ3v) is 8.00. The van der Waals surface area contributed by atoms with E-state index in [1.165, 1.54) is 37.6 Å². The van der Waals surface area contributed by atoms with Crippen molar-refractivity contribution in [3.8, 4) is 0 Å². The Morgan fingerprint density at radius 3 is 2.77 bits per heavy atom. The molecular weight excluding hydrogens is 436 g/mol. The molecule has 1 atom stereocenters. The van der Waals surface area contributed by atoms with E-state index < -0.39 is 0 Å². The van der Waals surface area contributed by atoms with E-state index in [4.69, 9.17) is 16.3 Å². The fraction of sp³-hybridized carbons (Fsp3) is 0.435. The zero-order valence-corrected chi connectivity index (χ0v) is 19.7. The number of nitrogens with one attached hydrogen (secondary N) is 2. The van der Waals surface area contributed by atoms with Gasteiger partial charge in [0.25, 0.3) is 0 Å². The number of rotatable bonds is 6. The van der Waals surface area contributed by atoms with Crippen LogP contribution in [0.4, 0.5) is 0 Å². The molecule has 0 amide bonds. The maximum atomic E-state index is 11.5. The van der Waals surface area contributed by atoms with Crippen LogP contribution < -0.4 is 9.80 Å². The van der Waals surface area contributed by atoms with Gasteiger partial charge in [0, 0.05) is 26.8 Å². The minimum absolute atomic E-state index is 0.101. The summed E-state index contributed by atoms with van der Waals surface area (Å²) in [6.45, 7) is 5.93. The lowest BCUT2D eigenvalue weighted by molar-refractivity contribution is -1.03. The standard InChI is InChI=1S/C23H27ClN2O2S2/c1-29-16-23(27)28-13-12-25-8-10-26(11-9-25)20-15-17-14-18(24)6-7-21(17)30-22-5-3-2-4-19(20)22/h2-7,14,20H,8-13,15-16H2,1H3/p+2/t20-/m1/s1. The molecule has 2 aromatic carbocycles. The minimum Gasteiger partial charge on any atom is -0.459 e. The molecule has 4 nitrogen and oxygen atoms in total. The van der Waals surface area contributed by atoms with Gasteiger partial charge >= 0.3 is 5.97 Å². The number of benzene rings is 2. The number of carbonyl (C=O) groups is 1. The van der Waals surface area contributed by atoms with Crippen LogP contribution in [0, 0.1) is 0 Å². The summed E-state index contributed by atoms with van der Waals surface area (Å²) in [5, 5.41) is 0.819. The van der Waals surface area contributed by atoms with Crippen LogP contribution in [0.2, 0.25) is 5.02 Å². The van der Waals surface area contributed by atoms with Crippen molar-refractivity contribution in [3.63, 3.8) is 0 Å². The molecule has 30 heavy (non-hydrogen) atoms. The fourth-order valence-electron chi connectivity index (χ4n) is 4.47. The molecule has 0 spiro atoms. The summed E-state index contributed by atoms with van der Waals surface area (Å²) in [6.07, 6.45) is 2.95. The van der Waals surface area contributed by atoms with Crippen LogP contribution in [0.3, 0.4) is 0 Å². The molecule has 0 aromatic heterocycles. The number of hydrogen-bond acceptors (Lipinski definition) is 4. The second-order valence-corrected chi connectivity index (χ2v) is 10.3. The van der Waals surface area contributed by atoms with Crippen LogP contribution in [-0.4, -0.2) is 57.3 Å². The molecule has 0 aliphatic carbocycles. The molecule has 0 radical (unpaired) electrons. The summed E-state index contributed by atoms with van der Waals surface area (Å²) >= 11 is 9.71. The summed E-state index contributed by atoms with van der Waals surface area (Å²) < 4.78 is 5.34. The van der Waals surface area contributed by atoms with Gasteiger partial charge in [0.05, 0.1) is 5.75 Å². The summed E-state index contributed by atoms with van der Waals surface area (Å²) in [4.78, 5) is 17.4. The van der Waals surface area contributed by atoms with Gasteiger partial charge in [-0.25, -0.2) is 0 Å². The smallest absolute Gasteiger partial charge is 0.316 e. The van der Waals surface area contributed by atoms with Crippen molar-refractivity contribution in [2.75, 3.05) is 51.3 Å². The highest BCUT2D eigenvalue weighted by Gasteiger charge is 2.34. The van der Waals surface area contributed by atoms with Gasteiger partial charge in [0.2, 0.25) is 0 Å². The predicted molar refractivity (Wildman–Crippen MR) is 124 cm³/mol. The lowest BCUT2D eigenvalue weighted by Gasteiger charge is -2.35. The average molecular weight is 465 g/mol. The summed E-state index contributed by atoms with van der Waals surface area (Å²) in [5.74, 6) is 0.341. The normalized spacial score (nSPS) is 23.2. The van der Waals surface area contributed by atoms with E-state index in [0.29, 0.717) is 18.4 Å². The van der Waals surface area contributed by atoms with Crippen molar-refractivity contribution in [2.45, 2.75) is 22.3 Å². The highest BCUT2D eigenvalue weighted by molar-refractivity contribution is 7.99. The van der Waals surface area contributed by atoms with E-state index in [0.717, 1.165) is 44.2 Å². The van der Waals surface area contributed by atoms with Gasteiger partial charge in [-0.3, -0.25) is 4.79 Å². The zero-order chi connectivity index (χ0) is 20.9. The van der Waals surface area contributed by atoms with E-state index in [2.05, 4.69) is 36.4 Å². The van der Waals surface area contributed by atoms with Crippen molar-refractivity contribution in [3.05, 3.63) is 58.6 Å². The lowest BCUT2D eigenvalue weighted by atomic mass is 9.96. The highest BCUT2D eigenvalue weighted by Crippen LogP contribution is 2.40. The van der Waals surface area contributed by atoms with Gasteiger partial charge in [0.15, 0.2) is 0 Å². The molecule has 2 aliphatic rings. The van der Waals surface area contributed by atoms with E-state index in [9.17, 15) is 4.79 Å². The van der Waals surface area contributed by atoms with Gasteiger partial charge in [-0.05, 0) is 36.1 Å². The second kappa shape index (κ2) is 10.4. The van der Waals surface area contributed by atoms with E-state index >= 15 is 0 Å². The summed E-state index contributed by atoms with van der Waals surface area (Å²) in [6, 6.07) is 15.6. The molecular formula is C23H29ClN2O2S2+2. The third-order valence-electron chi connectivity index (χ3n) is 6.03. The SMILES string of the molecule is CSCC(=O)OCC[NH+]1CC[NH+]([C@@H]2Cc3cc(Cl)ccc3Sc3ccccc32)CC1. The van der Waals surface area contributed by atoms with Crippen molar-refractivity contribution in [2.24, 2.45) is 0 Å². The first-order valence-electron chi connectivity index (χ1n) is 10.5. The first-order valence-corrected chi connectivity index (χ1v) is 13.1. The van der Waals surface area contributed by atoms with Crippen LogP contribution in [0.25, 0.3) is 0 Å². The van der Waals surface area contributed by atoms with Gasteiger partial charge in [0.1, 0.15) is 45.4 Å². The summed E-state index contributed by atoms with van der Waals surface area (Å²) in [7, 11) is 0. The number of carbonyl (C=O) groups excluding carboxylic acids is 1. The number of esters is 1. The number of hydrogen-bond donors (Lipinski definition) is 2. The number of quaternary nitrogens is 2. The van der Waals surface area contributed by atoms with Gasteiger partial charge in [-0.2, -0.15) is 11.8 Å². The number of halogens is 1. The van der Waals surface area contributed by atoms with Crippen molar-refractivity contribution in [1.82, 2.24) is 0 Å². The molecule has 2 N–H and O–H groups in total. The second-order valence-electron chi connectivity index (χ2n) is 7.96. The Morgan fingerprint density at radius 2 is 1.97 bits per heavy atom. The van der Waals surface area contributed by atoms with Gasteiger partial charge < -0.3 is 14.5 Å². The lowest BCUT2D eigenvalue weighted by Crippen LogP contribution is -3.28. The maximum Gasteiger partial charge on any atom is 0.316 e. The molecule has 7 heteroatoms. The molecule has 2 aliphatic heterocycles. The van der Waals surface area contributed by atoms with Gasteiger partial charge in [-0.15, -0.1) is 0 Å². The Bertz CT molecular complexity index is 887. The molecule has 1 saturated heterocycles. The van der Waals surface area contributed by atoms with E-state index in [1.54, 1.807) is 4.90 Å². The largest absolute Gasteiger partial charge is 0.459 e. The van der Waals surface area contributed by atoms with Gasteiger partial charge in [-0.1, -0.05) is 41.6 Å². The molecule has 0 unspecified atom stereocenters. The number of fused-ring (bicyclic) bond motifs is 2. The molecule has 4 rings (SSSR count). The number of piperazine rings is 1. The first-order chi connectivity index (χ1) is 14.6. The first kappa shape index (κ1) is 22.0. The Hall–Kier alpha value is -1.18. The molecule has 160 valence electrons. The molecule has 1 fully saturated rings. The summed E-state index contributed by atoms with van der Waals surface area (Å²) in [5.41, 5.74) is 2.82. The van der Waals surface area contributed by atoms with Crippen molar-refractivity contribution >= 4 is 41.1 Å². The Morgan fingerprint density at radius 1 is 1.17 bits per heavy atom. The number of thioether (sulfide) groups is 1. The van der Waals surface area contributed by atoms with E-state index in [1.807, 2.05) is 24.1 Å². The Balaban J connectivity index is 1.42. The Kier molecular flexibility index (Phi) is 7.65. The van der Waals surface area contributed by atoms with Crippen LogP contribution in [0.15, 0.2) is 52.3 Å². The van der Waals surface area contributed by atoms with Crippen molar-refractivity contribution < 1.29 is 19.3 Å². The molecule has 0 bridgehead atoms. The molecule has 2 heterocycles. The predicted octanol–water partition coefficient (Wildman–Crippen LogP) is 1.78. The van der Waals surface area contributed by atoms with Crippen LogP contribution >= 0.6 is 35.1 Å². The molecule has 2 aromatic rings. The van der Waals surface area contributed by atoms with Crippen LogP contribution in [0.5, 0.6) is 0 Å². The van der Waals surface area contributed by atoms with E-state index in [-0.39, 0.29) is 5.97 Å². The third kappa shape index (κ3) is 5.35. The van der Waals surface area contributed by atoms with Crippen molar-refractivity contribution in [1.29, 1.82) is 0 Å². The zero-order valence-electron chi connectivity index (χ0n) is 17.3. The van der Waals surface area contributed by atoms with Crippen LogP contribution in [-0.2, 0) is 16.0 Å². The number of ether oxygens (including phenoxy) is 1. The molecule has 0 saturated carbocycles. The Labute approximate surface area is 192 Å². The average Bonchev–Trinajstić information content (AvgIpc) is 2.91. The van der Waals surface area contributed by atoms with Crippen LogP contribution in [0.1, 0.15) is 17.2 Å². The topological polar surface area (TPSA) is 35.2 Å². The monoisotopic (exact) mass is 464 g/mol. The minimum atomic E-state index is -0.101. The maximum absolute atomic E-state index is 11.5. The fourth-order valence-corrected chi connectivity index (χ4v) is 6.11.